The fourth-order valence-corrected chi connectivity index (χ4v) is 1.98. The second-order valence-electron chi connectivity index (χ2n) is 5.29. The predicted molar refractivity (Wildman–Crippen MR) is 63.9 cm³/mol. The van der Waals surface area contributed by atoms with Crippen molar-refractivity contribution in [3.63, 3.8) is 0 Å². The largest absolute Gasteiger partial charge is 0.192 e. The van der Waals surface area contributed by atoms with Crippen LogP contribution in [-0.4, -0.2) is 0 Å². The highest BCUT2D eigenvalue weighted by atomic mass is 14.3. The van der Waals surface area contributed by atoms with Gasteiger partial charge in [-0.05, 0) is 28.5 Å². The maximum Gasteiger partial charge on any atom is 0.0994 e. The average Bonchev–Trinajstić information content (AvgIpc) is 2.15. The summed E-state index contributed by atoms with van der Waals surface area (Å²) >= 11 is 0. The molecule has 15 heavy (non-hydrogen) atoms. The molecule has 0 radical (unpaired) electrons. The Morgan fingerprint density at radius 3 is 2.20 bits per heavy atom. The van der Waals surface area contributed by atoms with Gasteiger partial charge in [-0.3, -0.25) is 0 Å². The third-order valence-electron chi connectivity index (χ3n) is 2.59. The molecule has 0 aliphatic carbocycles. The van der Waals surface area contributed by atoms with Crippen LogP contribution in [0.2, 0.25) is 0 Å². The molecule has 0 aliphatic heterocycles. The van der Waals surface area contributed by atoms with Crippen molar-refractivity contribution in [3.8, 4) is 6.07 Å². The van der Waals surface area contributed by atoms with Crippen molar-refractivity contribution in [1.29, 1.82) is 5.26 Å². The van der Waals surface area contributed by atoms with Crippen molar-refractivity contribution in [2.45, 2.75) is 46.0 Å². The van der Waals surface area contributed by atoms with Gasteiger partial charge in [-0.25, -0.2) is 0 Å². The van der Waals surface area contributed by atoms with E-state index in [2.05, 4.69) is 46.8 Å². The van der Waals surface area contributed by atoms with Crippen LogP contribution in [0.5, 0.6) is 0 Å². The van der Waals surface area contributed by atoms with Crippen molar-refractivity contribution in [2.75, 3.05) is 0 Å². The summed E-state index contributed by atoms with van der Waals surface area (Å²) < 4.78 is 0. The molecule has 1 rings (SSSR count). The van der Waals surface area contributed by atoms with Crippen molar-refractivity contribution >= 4 is 0 Å². The van der Waals surface area contributed by atoms with Gasteiger partial charge < -0.3 is 0 Å². The Morgan fingerprint density at radius 1 is 1.20 bits per heavy atom. The summed E-state index contributed by atoms with van der Waals surface area (Å²) in [6.07, 6.45) is 0. The van der Waals surface area contributed by atoms with E-state index in [1.807, 2.05) is 12.1 Å². The Kier molecular flexibility index (Phi) is 3.19. The highest BCUT2D eigenvalue weighted by molar-refractivity contribution is 5.47. The topological polar surface area (TPSA) is 23.8 Å². The zero-order chi connectivity index (χ0) is 11.6. The maximum atomic E-state index is 9.14. The summed E-state index contributed by atoms with van der Waals surface area (Å²) in [4.78, 5) is 0. The first-order chi connectivity index (χ1) is 6.88. The van der Waals surface area contributed by atoms with Crippen molar-refractivity contribution in [1.82, 2.24) is 0 Å². The molecule has 0 aliphatic rings. The van der Waals surface area contributed by atoms with Crippen molar-refractivity contribution < 1.29 is 0 Å². The van der Waals surface area contributed by atoms with Crippen molar-refractivity contribution in [3.05, 3.63) is 34.9 Å². The number of hydrogen-bond donors (Lipinski definition) is 0. The Labute approximate surface area is 92.7 Å². The lowest BCUT2D eigenvalue weighted by molar-refractivity contribution is 0.575. The Morgan fingerprint density at radius 2 is 1.80 bits per heavy atom. The van der Waals surface area contributed by atoms with Crippen LogP contribution < -0.4 is 0 Å². The molecule has 0 unspecified atom stereocenters. The van der Waals surface area contributed by atoms with Crippen LogP contribution in [0.3, 0.4) is 0 Å². The molecular formula is C14H19N. The summed E-state index contributed by atoms with van der Waals surface area (Å²) in [5, 5.41) is 9.14. The normalized spacial score (nSPS) is 11.5. The zero-order valence-electron chi connectivity index (χ0n) is 10.3. The Hall–Kier alpha value is -1.29. The first-order valence-corrected chi connectivity index (χ1v) is 5.41. The second kappa shape index (κ2) is 4.06. The average molecular weight is 201 g/mol. The minimum absolute atomic E-state index is 0.0337. The van der Waals surface area contributed by atoms with Gasteiger partial charge in [0.25, 0.3) is 0 Å². The molecule has 0 heterocycles. The van der Waals surface area contributed by atoms with Crippen LogP contribution in [0.1, 0.15) is 57.2 Å². The third kappa shape index (κ3) is 2.39. The molecule has 0 saturated heterocycles. The third-order valence-corrected chi connectivity index (χ3v) is 2.59. The van der Waals surface area contributed by atoms with Gasteiger partial charge in [0.2, 0.25) is 0 Å². The minimum atomic E-state index is 0.0337. The van der Waals surface area contributed by atoms with Crippen LogP contribution in [0.15, 0.2) is 18.2 Å². The standard InChI is InChI=1S/C14H19N/c1-10(2)12-8-6-7-11(9-15)13(12)14(3,4)5/h6-8,10H,1-5H3. The second-order valence-corrected chi connectivity index (χ2v) is 5.29. The molecule has 0 amide bonds. The first kappa shape index (κ1) is 11.8. The Bertz CT molecular complexity index is 389. The summed E-state index contributed by atoms with van der Waals surface area (Å²) in [6, 6.07) is 8.31. The molecule has 1 aromatic carbocycles. The molecule has 0 bridgehead atoms. The van der Waals surface area contributed by atoms with E-state index in [9.17, 15) is 0 Å². The zero-order valence-corrected chi connectivity index (χ0v) is 10.3. The summed E-state index contributed by atoms with van der Waals surface area (Å²) in [5.41, 5.74) is 3.34. The van der Waals surface area contributed by atoms with E-state index >= 15 is 0 Å². The number of rotatable bonds is 1. The smallest absolute Gasteiger partial charge is 0.0994 e. The molecule has 0 aromatic heterocycles. The maximum absolute atomic E-state index is 9.14. The molecule has 0 atom stereocenters. The molecule has 1 heteroatoms. The minimum Gasteiger partial charge on any atom is -0.192 e. The van der Waals surface area contributed by atoms with Crippen LogP contribution in [0.4, 0.5) is 0 Å². The van der Waals surface area contributed by atoms with E-state index in [0.717, 1.165) is 5.56 Å². The van der Waals surface area contributed by atoms with Gasteiger partial charge >= 0.3 is 0 Å². The van der Waals surface area contributed by atoms with Crippen molar-refractivity contribution in [2.24, 2.45) is 0 Å². The summed E-state index contributed by atoms with van der Waals surface area (Å²) in [7, 11) is 0. The molecule has 0 N–H and O–H groups in total. The van der Waals surface area contributed by atoms with Crippen LogP contribution in [0.25, 0.3) is 0 Å². The van der Waals surface area contributed by atoms with Gasteiger partial charge in [-0.2, -0.15) is 5.26 Å². The fourth-order valence-electron chi connectivity index (χ4n) is 1.98. The van der Waals surface area contributed by atoms with Gasteiger partial charge in [-0.15, -0.1) is 0 Å². The molecular weight excluding hydrogens is 182 g/mol. The molecule has 0 fully saturated rings. The lowest BCUT2D eigenvalue weighted by Crippen LogP contribution is -2.17. The summed E-state index contributed by atoms with van der Waals surface area (Å²) in [5.74, 6) is 0.465. The SMILES string of the molecule is CC(C)c1cccc(C#N)c1C(C)(C)C. The predicted octanol–water partition coefficient (Wildman–Crippen LogP) is 3.98. The first-order valence-electron chi connectivity index (χ1n) is 5.41. The van der Waals surface area contributed by atoms with E-state index in [4.69, 9.17) is 5.26 Å². The lowest BCUT2D eigenvalue weighted by Gasteiger charge is -2.25. The highest BCUT2D eigenvalue weighted by Gasteiger charge is 2.22. The molecule has 0 spiro atoms. The van der Waals surface area contributed by atoms with E-state index in [-0.39, 0.29) is 5.41 Å². The molecule has 80 valence electrons. The van der Waals surface area contributed by atoms with Gasteiger partial charge in [0.1, 0.15) is 0 Å². The number of benzene rings is 1. The molecule has 1 nitrogen and oxygen atoms in total. The summed E-state index contributed by atoms with van der Waals surface area (Å²) in [6.45, 7) is 10.8. The van der Waals surface area contributed by atoms with Gasteiger partial charge in [0.05, 0.1) is 11.6 Å². The van der Waals surface area contributed by atoms with Gasteiger partial charge in [-0.1, -0.05) is 46.8 Å². The monoisotopic (exact) mass is 201 g/mol. The van der Waals surface area contributed by atoms with E-state index in [1.54, 1.807) is 0 Å². The fraction of sp³-hybridized carbons (Fsp3) is 0.500. The number of nitriles is 1. The van der Waals surface area contributed by atoms with E-state index in [1.165, 1.54) is 11.1 Å². The van der Waals surface area contributed by atoms with Crippen LogP contribution in [0, 0.1) is 11.3 Å². The lowest BCUT2D eigenvalue weighted by atomic mass is 9.78. The number of nitrogens with zero attached hydrogens (tertiary/aromatic N) is 1. The van der Waals surface area contributed by atoms with Gasteiger partial charge in [0.15, 0.2) is 0 Å². The van der Waals surface area contributed by atoms with Crippen LogP contribution >= 0.6 is 0 Å². The number of hydrogen-bond acceptors (Lipinski definition) is 1. The Balaban J connectivity index is 3.50. The molecule has 1 aromatic rings. The van der Waals surface area contributed by atoms with Crippen LogP contribution in [-0.2, 0) is 5.41 Å². The highest BCUT2D eigenvalue weighted by Crippen LogP contribution is 2.32. The van der Waals surface area contributed by atoms with E-state index < -0.39 is 0 Å². The van der Waals surface area contributed by atoms with E-state index in [0.29, 0.717) is 5.92 Å². The quantitative estimate of drug-likeness (QED) is 0.674. The molecule has 0 saturated carbocycles. The van der Waals surface area contributed by atoms with Gasteiger partial charge in [0, 0.05) is 0 Å².